The monoisotopic (exact) mass is 196 g/mol. The Hall–Kier alpha value is -0.940. The van der Waals surface area contributed by atoms with Crippen LogP contribution in [-0.4, -0.2) is 45.9 Å². The van der Waals surface area contributed by atoms with Gasteiger partial charge in [0.15, 0.2) is 5.82 Å². The molecule has 1 saturated heterocycles. The lowest BCUT2D eigenvalue weighted by Gasteiger charge is -2.31. The van der Waals surface area contributed by atoms with Crippen LogP contribution in [0.1, 0.15) is 18.9 Å². The van der Waals surface area contributed by atoms with Gasteiger partial charge in [-0.1, -0.05) is 6.92 Å². The predicted molar refractivity (Wildman–Crippen MR) is 51.8 cm³/mol. The van der Waals surface area contributed by atoms with Crippen molar-refractivity contribution >= 4 is 0 Å². The Kier molecular flexibility index (Phi) is 2.79. The molecule has 1 unspecified atom stereocenters. The van der Waals surface area contributed by atoms with Crippen molar-refractivity contribution in [3.8, 4) is 0 Å². The third-order valence-corrected chi connectivity index (χ3v) is 2.63. The van der Waals surface area contributed by atoms with Gasteiger partial charge in [-0.2, -0.15) is 0 Å². The number of ether oxygens (including phenoxy) is 1. The zero-order valence-corrected chi connectivity index (χ0v) is 8.68. The minimum atomic E-state index is 0.0798. The minimum absolute atomic E-state index is 0.0798. The van der Waals surface area contributed by atoms with E-state index in [0.29, 0.717) is 0 Å². The topological polar surface area (TPSA) is 43.2 Å². The summed E-state index contributed by atoms with van der Waals surface area (Å²) >= 11 is 0. The maximum absolute atomic E-state index is 5.67. The van der Waals surface area contributed by atoms with Crippen LogP contribution in [-0.2, 0) is 11.8 Å². The van der Waals surface area contributed by atoms with Crippen molar-refractivity contribution in [2.45, 2.75) is 13.0 Å². The average molecular weight is 196 g/mol. The molecule has 1 fully saturated rings. The number of nitrogens with zero attached hydrogens (tertiary/aromatic N) is 4. The summed E-state index contributed by atoms with van der Waals surface area (Å²) in [4.78, 5) is 2.36. The Bertz CT molecular complexity index is 299. The third kappa shape index (κ3) is 1.78. The van der Waals surface area contributed by atoms with Crippen molar-refractivity contribution in [1.82, 2.24) is 19.7 Å². The van der Waals surface area contributed by atoms with Gasteiger partial charge < -0.3 is 9.30 Å². The van der Waals surface area contributed by atoms with E-state index in [9.17, 15) is 0 Å². The van der Waals surface area contributed by atoms with E-state index in [1.807, 2.05) is 11.6 Å². The van der Waals surface area contributed by atoms with Crippen LogP contribution in [0.4, 0.5) is 0 Å². The Morgan fingerprint density at radius 3 is 3.14 bits per heavy atom. The molecule has 2 heterocycles. The highest BCUT2D eigenvalue weighted by Crippen LogP contribution is 2.19. The van der Waals surface area contributed by atoms with Gasteiger partial charge in [-0.05, 0) is 6.54 Å². The van der Waals surface area contributed by atoms with E-state index in [0.717, 1.165) is 32.1 Å². The molecule has 0 aliphatic carbocycles. The average Bonchev–Trinajstić information content (AvgIpc) is 2.65. The van der Waals surface area contributed by atoms with E-state index in [4.69, 9.17) is 4.74 Å². The van der Waals surface area contributed by atoms with Crippen molar-refractivity contribution in [3.05, 3.63) is 12.2 Å². The van der Waals surface area contributed by atoms with Gasteiger partial charge in [0.1, 0.15) is 12.4 Å². The molecule has 5 nitrogen and oxygen atoms in total. The first-order chi connectivity index (χ1) is 6.81. The minimum Gasteiger partial charge on any atom is -0.368 e. The summed E-state index contributed by atoms with van der Waals surface area (Å²) in [6.07, 6.45) is 1.79. The highest BCUT2D eigenvalue weighted by molar-refractivity contribution is 4.93. The molecule has 0 spiro atoms. The molecular weight excluding hydrogens is 180 g/mol. The maximum Gasteiger partial charge on any atom is 0.163 e. The summed E-state index contributed by atoms with van der Waals surface area (Å²) < 4.78 is 7.59. The first-order valence-electron chi connectivity index (χ1n) is 4.99. The van der Waals surface area contributed by atoms with Gasteiger partial charge in [0, 0.05) is 20.1 Å². The second-order valence-electron chi connectivity index (χ2n) is 3.55. The summed E-state index contributed by atoms with van der Waals surface area (Å²) in [5.74, 6) is 0.920. The quantitative estimate of drug-likeness (QED) is 0.678. The molecule has 0 bridgehead atoms. The molecular formula is C9H16N4O. The van der Waals surface area contributed by atoms with Gasteiger partial charge in [-0.3, -0.25) is 4.90 Å². The molecule has 78 valence electrons. The second kappa shape index (κ2) is 4.06. The molecule has 0 saturated carbocycles. The standard InChI is InChI=1S/C9H16N4O/c1-3-13-4-5-14-8(6-13)9-11-10-7-12(9)2/h7-8H,3-6H2,1-2H3. The summed E-state index contributed by atoms with van der Waals surface area (Å²) in [7, 11) is 1.95. The number of aromatic nitrogens is 3. The van der Waals surface area contributed by atoms with Crippen LogP contribution in [0, 0.1) is 0 Å². The molecule has 0 N–H and O–H groups in total. The van der Waals surface area contributed by atoms with Crippen molar-refractivity contribution in [3.63, 3.8) is 0 Å². The lowest BCUT2D eigenvalue weighted by Crippen LogP contribution is -2.38. The van der Waals surface area contributed by atoms with Crippen LogP contribution >= 0.6 is 0 Å². The fraction of sp³-hybridized carbons (Fsp3) is 0.778. The molecule has 0 amide bonds. The SMILES string of the molecule is CCN1CCOC(c2nncn2C)C1. The lowest BCUT2D eigenvalue weighted by atomic mass is 10.2. The number of aryl methyl sites for hydroxylation is 1. The molecule has 1 aromatic heterocycles. The fourth-order valence-corrected chi connectivity index (χ4v) is 1.73. The maximum atomic E-state index is 5.67. The van der Waals surface area contributed by atoms with E-state index in [2.05, 4.69) is 22.0 Å². The van der Waals surface area contributed by atoms with Crippen molar-refractivity contribution < 1.29 is 4.74 Å². The fourth-order valence-electron chi connectivity index (χ4n) is 1.73. The van der Waals surface area contributed by atoms with Crippen LogP contribution in [0.15, 0.2) is 6.33 Å². The Balaban J connectivity index is 2.08. The summed E-state index contributed by atoms with van der Waals surface area (Å²) in [5.41, 5.74) is 0. The normalized spacial score (nSPS) is 24.0. The summed E-state index contributed by atoms with van der Waals surface area (Å²) in [5, 5.41) is 7.93. The van der Waals surface area contributed by atoms with E-state index >= 15 is 0 Å². The highest BCUT2D eigenvalue weighted by Gasteiger charge is 2.24. The Morgan fingerprint density at radius 2 is 2.50 bits per heavy atom. The molecule has 5 heteroatoms. The van der Waals surface area contributed by atoms with Crippen LogP contribution in [0.2, 0.25) is 0 Å². The zero-order chi connectivity index (χ0) is 9.97. The smallest absolute Gasteiger partial charge is 0.163 e. The number of hydrogen-bond acceptors (Lipinski definition) is 4. The zero-order valence-electron chi connectivity index (χ0n) is 8.68. The van der Waals surface area contributed by atoms with Crippen LogP contribution in [0.25, 0.3) is 0 Å². The molecule has 0 aromatic carbocycles. The Morgan fingerprint density at radius 1 is 1.64 bits per heavy atom. The molecule has 1 aliphatic rings. The molecule has 14 heavy (non-hydrogen) atoms. The number of likely N-dealkylation sites (N-methyl/N-ethyl adjacent to an activating group) is 1. The second-order valence-corrected chi connectivity index (χ2v) is 3.55. The van der Waals surface area contributed by atoms with Gasteiger partial charge in [0.05, 0.1) is 6.61 Å². The predicted octanol–water partition coefficient (Wildman–Crippen LogP) is 0.208. The van der Waals surface area contributed by atoms with Crippen LogP contribution in [0.3, 0.4) is 0 Å². The van der Waals surface area contributed by atoms with E-state index in [-0.39, 0.29) is 6.10 Å². The molecule has 1 aliphatic heterocycles. The molecule has 0 radical (unpaired) electrons. The first-order valence-corrected chi connectivity index (χ1v) is 4.99. The molecule has 2 rings (SSSR count). The molecule has 1 aromatic rings. The van der Waals surface area contributed by atoms with E-state index in [1.165, 1.54) is 0 Å². The van der Waals surface area contributed by atoms with Crippen molar-refractivity contribution in [2.75, 3.05) is 26.2 Å². The van der Waals surface area contributed by atoms with Gasteiger partial charge in [0.25, 0.3) is 0 Å². The largest absolute Gasteiger partial charge is 0.368 e. The number of rotatable bonds is 2. The van der Waals surface area contributed by atoms with E-state index < -0.39 is 0 Å². The van der Waals surface area contributed by atoms with Crippen molar-refractivity contribution in [1.29, 1.82) is 0 Å². The Labute approximate surface area is 83.7 Å². The van der Waals surface area contributed by atoms with Crippen LogP contribution < -0.4 is 0 Å². The van der Waals surface area contributed by atoms with Crippen LogP contribution in [0.5, 0.6) is 0 Å². The molecule has 1 atom stereocenters. The first kappa shape index (κ1) is 9.61. The number of morpholine rings is 1. The summed E-state index contributed by atoms with van der Waals surface area (Å²) in [6.45, 7) is 5.95. The number of hydrogen-bond donors (Lipinski definition) is 0. The lowest BCUT2D eigenvalue weighted by molar-refractivity contribution is -0.0339. The third-order valence-electron chi connectivity index (χ3n) is 2.63. The van der Waals surface area contributed by atoms with Gasteiger partial charge in [-0.15, -0.1) is 10.2 Å². The van der Waals surface area contributed by atoms with Gasteiger partial charge in [0.2, 0.25) is 0 Å². The summed E-state index contributed by atoms with van der Waals surface area (Å²) in [6, 6.07) is 0. The van der Waals surface area contributed by atoms with Gasteiger partial charge in [-0.25, -0.2) is 0 Å². The van der Waals surface area contributed by atoms with Crippen molar-refractivity contribution in [2.24, 2.45) is 7.05 Å². The van der Waals surface area contributed by atoms with E-state index in [1.54, 1.807) is 6.33 Å². The highest BCUT2D eigenvalue weighted by atomic mass is 16.5. The van der Waals surface area contributed by atoms with Gasteiger partial charge >= 0.3 is 0 Å².